The minimum atomic E-state index is -0.472. The van der Waals surface area contributed by atoms with Gasteiger partial charge >= 0.3 is 0 Å². The highest BCUT2D eigenvalue weighted by Gasteiger charge is 2.35. The van der Waals surface area contributed by atoms with Crippen molar-refractivity contribution in [3.8, 4) is 0 Å². The highest BCUT2D eigenvalue weighted by Crippen LogP contribution is 2.34. The van der Waals surface area contributed by atoms with Crippen LogP contribution in [-0.4, -0.2) is 23.3 Å². The Morgan fingerprint density at radius 3 is 2.88 bits per heavy atom. The molecule has 0 aliphatic carbocycles. The molecular formula is C10H9BrClN3O2. The fourth-order valence-electron chi connectivity index (χ4n) is 1.73. The minimum Gasteiger partial charge on any atom is -0.369 e. The summed E-state index contributed by atoms with van der Waals surface area (Å²) in [6, 6.07) is 0. The number of anilines is 1. The van der Waals surface area contributed by atoms with Crippen molar-refractivity contribution in [2.24, 2.45) is 11.7 Å². The van der Waals surface area contributed by atoms with Gasteiger partial charge in [-0.1, -0.05) is 11.6 Å². The van der Waals surface area contributed by atoms with Crippen LogP contribution in [0.15, 0.2) is 16.9 Å². The van der Waals surface area contributed by atoms with Crippen LogP contribution >= 0.6 is 27.5 Å². The molecular weight excluding hydrogens is 309 g/mol. The van der Waals surface area contributed by atoms with Crippen molar-refractivity contribution in [3.63, 3.8) is 0 Å². The molecule has 0 radical (unpaired) electrons. The normalized spacial score (nSPS) is 19.8. The van der Waals surface area contributed by atoms with Gasteiger partial charge in [0.15, 0.2) is 0 Å². The third kappa shape index (κ3) is 2.28. The number of halogens is 2. The molecule has 1 aliphatic rings. The average molecular weight is 319 g/mol. The smallest absolute Gasteiger partial charge is 0.227 e. The summed E-state index contributed by atoms with van der Waals surface area (Å²) >= 11 is 9.30. The van der Waals surface area contributed by atoms with E-state index in [4.69, 9.17) is 17.3 Å². The quantitative estimate of drug-likeness (QED) is 0.894. The molecule has 1 fully saturated rings. The van der Waals surface area contributed by atoms with Crippen molar-refractivity contribution in [3.05, 3.63) is 21.9 Å². The Kier molecular flexibility index (Phi) is 3.35. The summed E-state index contributed by atoms with van der Waals surface area (Å²) in [6.07, 6.45) is 3.16. The van der Waals surface area contributed by atoms with E-state index in [0.29, 0.717) is 15.2 Å². The highest BCUT2D eigenvalue weighted by molar-refractivity contribution is 9.10. The van der Waals surface area contributed by atoms with Gasteiger partial charge in [0.1, 0.15) is 0 Å². The van der Waals surface area contributed by atoms with Crippen molar-refractivity contribution in [1.29, 1.82) is 0 Å². The number of primary amides is 1. The Bertz CT molecular complexity index is 494. The molecule has 17 heavy (non-hydrogen) atoms. The highest BCUT2D eigenvalue weighted by atomic mass is 79.9. The molecule has 1 aromatic rings. The average Bonchev–Trinajstić information content (AvgIpc) is 2.65. The van der Waals surface area contributed by atoms with E-state index in [1.54, 1.807) is 0 Å². The van der Waals surface area contributed by atoms with Gasteiger partial charge in [-0.2, -0.15) is 0 Å². The predicted octanol–water partition coefficient (Wildman–Crippen LogP) is 1.34. The van der Waals surface area contributed by atoms with Gasteiger partial charge < -0.3 is 10.6 Å². The lowest BCUT2D eigenvalue weighted by atomic mass is 10.1. The molecule has 7 heteroatoms. The molecule has 2 N–H and O–H groups in total. The van der Waals surface area contributed by atoms with Crippen LogP contribution < -0.4 is 10.6 Å². The fourth-order valence-corrected chi connectivity index (χ4v) is 2.25. The molecule has 90 valence electrons. The summed E-state index contributed by atoms with van der Waals surface area (Å²) < 4.78 is 0.604. The molecule has 1 aliphatic heterocycles. The van der Waals surface area contributed by atoms with Gasteiger partial charge in [-0.25, -0.2) is 0 Å². The Morgan fingerprint density at radius 1 is 1.59 bits per heavy atom. The number of hydrogen-bond donors (Lipinski definition) is 1. The van der Waals surface area contributed by atoms with Gasteiger partial charge in [0.2, 0.25) is 11.8 Å². The molecule has 1 atom stereocenters. The maximum atomic E-state index is 11.8. The fraction of sp³-hybridized carbons (Fsp3) is 0.300. The maximum absolute atomic E-state index is 11.8. The van der Waals surface area contributed by atoms with Gasteiger partial charge in [-0.05, 0) is 15.9 Å². The Hall–Kier alpha value is -1.14. The first-order valence-corrected chi connectivity index (χ1v) is 6.06. The van der Waals surface area contributed by atoms with Crippen LogP contribution in [0.2, 0.25) is 5.02 Å². The third-order valence-corrected chi connectivity index (χ3v) is 3.86. The number of aromatic nitrogens is 1. The Balaban J connectivity index is 2.32. The van der Waals surface area contributed by atoms with Crippen LogP contribution in [0.5, 0.6) is 0 Å². The van der Waals surface area contributed by atoms with Crippen LogP contribution in [-0.2, 0) is 9.59 Å². The van der Waals surface area contributed by atoms with E-state index < -0.39 is 11.8 Å². The molecule has 1 aromatic heterocycles. The van der Waals surface area contributed by atoms with E-state index in [-0.39, 0.29) is 18.9 Å². The summed E-state index contributed by atoms with van der Waals surface area (Å²) in [7, 11) is 0. The molecule has 0 aromatic carbocycles. The van der Waals surface area contributed by atoms with Gasteiger partial charge in [0, 0.05) is 19.2 Å². The summed E-state index contributed by atoms with van der Waals surface area (Å²) in [5.41, 5.74) is 5.69. The molecule has 5 nitrogen and oxygen atoms in total. The van der Waals surface area contributed by atoms with Crippen molar-refractivity contribution < 1.29 is 9.59 Å². The SMILES string of the molecule is NC(=O)C1CC(=O)N(c2cncc(Br)c2Cl)C1. The van der Waals surface area contributed by atoms with E-state index in [0.717, 1.165) is 0 Å². The van der Waals surface area contributed by atoms with Crippen LogP contribution in [0.4, 0.5) is 5.69 Å². The molecule has 0 saturated carbocycles. The first-order chi connectivity index (χ1) is 8.00. The lowest BCUT2D eigenvalue weighted by Crippen LogP contribution is -2.28. The predicted molar refractivity (Wildman–Crippen MR) is 66.6 cm³/mol. The standard InChI is InChI=1S/C10H9BrClN3O2/c11-6-2-14-3-7(9(6)12)15-4-5(10(13)17)1-8(15)16/h2-3,5H,1,4H2,(H2,13,17). The second kappa shape index (κ2) is 4.62. The zero-order chi connectivity index (χ0) is 12.6. The summed E-state index contributed by atoms with van der Waals surface area (Å²) in [5.74, 6) is -1.10. The Labute approximate surface area is 111 Å². The van der Waals surface area contributed by atoms with Crippen molar-refractivity contribution >= 4 is 45.0 Å². The molecule has 2 rings (SSSR count). The number of carbonyl (C=O) groups is 2. The van der Waals surface area contributed by atoms with Crippen LogP contribution in [0, 0.1) is 5.92 Å². The van der Waals surface area contributed by atoms with Gasteiger partial charge in [0.05, 0.1) is 27.3 Å². The summed E-state index contributed by atoms with van der Waals surface area (Å²) in [5, 5.41) is 0.401. The molecule has 1 unspecified atom stereocenters. The van der Waals surface area contributed by atoms with Gasteiger partial charge in [-0.15, -0.1) is 0 Å². The van der Waals surface area contributed by atoms with E-state index in [2.05, 4.69) is 20.9 Å². The third-order valence-electron chi connectivity index (χ3n) is 2.64. The molecule has 2 amide bonds. The number of nitrogens with two attached hydrogens (primary N) is 1. The maximum Gasteiger partial charge on any atom is 0.227 e. The second-order valence-corrected chi connectivity index (χ2v) is 4.99. The lowest BCUT2D eigenvalue weighted by Gasteiger charge is -2.17. The van der Waals surface area contributed by atoms with Gasteiger partial charge in [0.25, 0.3) is 0 Å². The van der Waals surface area contributed by atoms with E-state index >= 15 is 0 Å². The number of amides is 2. The molecule has 2 heterocycles. The lowest BCUT2D eigenvalue weighted by molar-refractivity contribution is -0.123. The van der Waals surface area contributed by atoms with Crippen molar-refractivity contribution in [2.75, 3.05) is 11.4 Å². The number of hydrogen-bond acceptors (Lipinski definition) is 3. The van der Waals surface area contributed by atoms with E-state index in [1.165, 1.54) is 17.3 Å². The number of rotatable bonds is 2. The molecule has 1 saturated heterocycles. The van der Waals surface area contributed by atoms with E-state index in [9.17, 15) is 9.59 Å². The zero-order valence-electron chi connectivity index (χ0n) is 8.69. The summed E-state index contributed by atoms with van der Waals surface area (Å²) in [6.45, 7) is 0.256. The second-order valence-electron chi connectivity index (χ2n) is 3.76. The van der Waals surface area contributed by atoms with Crippen LogP contribution in [0.1, 0.15) is 6.42 Å². The van der Waals surface area contributed by atoms with Crippen molar-refractivity contribution in [2.45, 2.75) is 6.42 Å². The topological polar surface area (TPSA) is 76.3 Å². The largest absolute Gasteiger partial charge is 0.369 e. The molecule has 0 bridgehead atoms. The minimum absolute atomic E-state index is 0.123. The molecule has 0 spiro atoms. The van der Waals surface area contributed by atoms with Crippen LogP contribution in [0.25, 0.3) is 0 Å². The van der Waals surface area contributed by atoms with E-state index in [1.807, 2.05) is 0 Å². The van der Waals surface area contributed by atoms with Gasteiger partial charge in [-0.3, -0.25) is 14.6 Å². The monoisotopic (exact) mass is 317 g/mol. The first-order valence-electron chi connectivity index (χ1n) is 4.89. The summed E-state index contributed by atoms with van der Waals surface area (Å²) in [4.78, 5) is 28.2. The zero-order valence-corrected chi connectivity index (χ0v) is 11.0. The number of nitrogens with zero attached hydrogens (tertiary/aromatic N) is 2. The van der Waals surface area contributed by atoms with Crippen LogP contribution in [0.3, 0.4) is 0 Å². The number of carbonyl (C=O) groups excluding carboxylic acids is 2. The number of pyridine rings is 1. The van der Waals surface area contributed by atoms with Crippen molar-refractivity contribution in [1.82, 2.24) is 4.98 Å². The Morgan fingerprint density at radius 2 is 2.29 bits per heavy atom. The first kappa shape index (κ1) is 12.3.